The third kappa shape index (κ3) is 3.70. The van der Waals surface area contributed by atoms with Gasteiger partial charge in [-0.05, 0) is 30.9 Å². The molecule has 0 aliphatic heterocycles. The molecule has 2 rings (SSSR count). The molecule has 4 nitrogen and oxygen atoms in total. The van der Waals surface area contributed by atoms with Crippen LogP contribution in [0.25, 0.3) is 0 Å². The molecule has 0 radical (unpaired) electrons. The minimum atomic E-state index is -0.240. The molecular weight excluding hydrogens is 238 g/mol. The summed E-state index contributed by atoms with van der Waals surface area (Å²) < 4.78 is 0. The van der Waals surface area contributed by atoms with Crippen LogP contribution in [0.5, 0.6) is 0 Å². The smallest absolute Gasteiger partial charge is 0.319 e. The SMILES string of the molecule is CC1CCCC(CN)(NC(=O)Nc2ccccc2)C1. The van der Waals surface area contributed by atoms with Crippen LogP contribution in [0.15, 0.2) is 30.3 Å². The van der Waals surface area contributed by atoms with Gasteiger partial charge in [0.05, 0.1) is 5.54 Å². The number of hydrogen-bond acceptors (Lipinski definition) is 2. The first-order chi connectivity index (χ1) is 9.13. The van der Waals surface area contributed by atoms with Crippen molar-refractivity contribution in [3.63, 3.8) is 0 Å². The van der Waals surface area contributed by atoms with Crippen LogP contribution in [-0.2, 0) is 0 Å². The predicted molar refractivity (Wildman–Crippen MR) is 78.0 cm³/mol. The Kier molecular flexibility index (Phi) is 4.43. The van der Waals surface area contributed by atoms with E-state index in [1.54, 1.807) is 0 Å². The highest BCUT2D eigenvalue weighted by Gasteiger charge is 2.35. The molecule has 0 saturated heterocycles. The molecule has 4 heteroatoms. The lowest BCUT2D eigenvalue weighted by atomic mass is 9.76. The third-order valence-electron chi connectivity index (χ3n) is 3.89. The van der Waals surface area contributed by atoms with Gasteiger partial charge in [-0.1, -0.05) is 38.0 Å². The molecule has 1 saturated carbocycles. The summed E-state index contributed by atoms with van der Waals surface area (Å²) in [5.74, 6) is 0.620. The summed E-state index contributed by atoms with van der Waals surface area (Å²) in [5, 5.41) is 5.94. The zero-order valence-electron chi connectivity index (χ0n) is 11.5. The molecule has 0 bridgehead atoms. The van der Waals surface area contributed by atoms with Crippen LogP contribution >= 0.6 is 0 Å². The van der Waals surface area contributed by atoms with Gasteiger partial charge in [0.1, 0.15) is 0 Å². The van der Waals surface area contributed by atoms with Crippen molar-refractivity contribution in [3.05, 3.63) is 30.3 Å². The topological polar surface area (TPSA) is 67.1 Å². The Balaban J connectivity index is 1.96. The summed E-state index contributed by atoms with van der Waals surface area (Å²) in [6.07, 6.45) is 4.29. The van der Waals surface area contributed by atoms with Crippen molar-refractivity contribution < 1.29 is 4.79 Å². The summed E-state index contributed by atoms with van der Waals surface area (Å²) >= 11 is 0. The Bertz CT molecular complexity index is 421. The summed E-state index contributed by atoms with van der Waals surface area (Å²) in [6, 6.07) is 9.31. The molecule has 0 heterocycles. The second-order valence-electron chi connectivity index (χ2n) is 5.63. The number of para-hydroxylation sites is 1. The van der Waals surface area contributed by atoms with E-state index in [1.165, 1.54) is 6.42 Å². The third-order valence-corrected chi connectivity index (χ3v) is 3.89. The summed E-state index contributed by atoms with van der Waals surface area (Å²) in [6.45, 7) is 2.72. The van der Waals surface area contributed by atoms with Gasteiger partial charge in [0.15, 0.2) is 0 Å². The van der Waals surface area contributed by atoms with Gasteiger partial charge < -0.3 is 16.4 Å². The van der Waals surface area contributed by atoms with Gasteiger partial charge in [-0.3, -0.25) is 0 Å². The monoisotopic (exact) mass is 261 g/mol. The van der Waals surface area contributed by atoms with Gasteiger partial charge in [-0.15, -0.1) is 0 Å². The maximum Gasteiger partial charge on any atom is 0.319 e. The standard InChI is InChI=1S/C15H23N3O/c1-12-6-5-9-15(10-12,11-16)18-14(19)17-13-7-3-2-4-8-13/h2-4,7-8,12H,5-6,9-11,16H2,1H3,(H2,17,18,19). The maximum absolute atomic E-state index is 12.1. The fourth-order valence-corrected chi connectivity index (χ4v) is 2.93. The van der Waals surface area contributed by atoms with Crippen molar-refractivity contribution in [1.82, 2.24) is 5.32 Å². The summed E-state index contributed by atoms with van der Waals surface area (Å²) in [4.78, 5) is 12.1. The van der Waals surface area contributed by atoms with E-state index < -0.39 is 0 Å². The zero-order chi connectivity index (χ0) is 13.7. The van der Waals surface area contributed by atoms with E-state index in [2.05, 4.69) is 17.6 Å². The van der Waals surface area contributed by atoms with Crippen LogP contribution in [-0.4, -0.2) is 18.1 Å². The molecule has 4 N–H and O–H groups in total. The Labute approximate surface area is 114 Å². The lowest BCUT2D eigenvalue weighted by molar-refractivity contribution is 0.191. The molecule has 0 aromatic heterocycles. The van der Waals surface area contributed by atoms with E-state index >= 15 is 0 Å². The number of nitrogens with two attached hydrogens (primary N) is 1. The predicted octanol–water partition coefficient (Wildman–Crippen LogP) is 2.72. The second-order valence-corrected chi connectivity index (χ2v) is 5.63. The average molecular weight is 261 g/mol. The van der Waals surface area contributed by atoms with Gasteiger partial charge in [0.25, 0.3) is 0 Å². The average Bonchev–Trinajstić information content (AvgIpc) is 2.39. The van der Waals surface area contributed by atoms with Gasteiger partial charge in [-0.25, -0.2) is 4.79 Å². The first kappa shape index (κ1) is 13.9. The van der Waals surface area contributed by atoms with Crippen LogP contribution in [0.1, 0.15) is 32.6 Å². The quantitative estimate of drug-likeness (QED) is 0.783. The van der Waals surface area contributed by atoms with Crippen LogP contribution in [0.3, 0.4) is 0 Å². The molecule has 1 fully saturated rings. The summed E-state index contributed by atoms with van der Waals surface area (Å²) in [7, 11) is 0. The number of benzene rings is 1. The molecule has 1 aromatic rings. The van der Waals surface area contributed by atoms with Gasteiger partial charge in [-0.2, -0.15) is 0 Å². The Hall–Kier alpha value is -1.55. The Morgan fingerprint density at radius 3 is 2.79 bits per heavy atom. The minimum absolute atomic E-state index is 0.161. The molecular formula is C15H23N3O. The van der Waals surface area contributed by atoms with Crippen molar-refractivity contribution in [1.29, 1.82) is 0 Å². The zero-order valence-corrected chi connectivity index (χ0v) is 11.5. The van der Waals surface area contributed by atoms with Gasteiger partial charge in [0.2, 0.25) is 0 Å². The number of amides is 2. The van der Waals surface area contributed by atoms with Gasteiger partial charge >= 0.3 is 6.03 Å². The maximum atomic E-state index is 12.1. The van der Waals surface area contributed by atoms with E-state index in [1.807, 2.05) is 30.3 Å². The highest BCUT2D eigenvalue weighted by atomic mass is 16.2. The molecule has 1 aromatic carbocycles. The fraction of sp³-hybridized carbons (Fsp3) is 0.533. The van der Waals surface area contributed by atoms with Crippen molar-refractivity contribution in [2.24, 2.45) is 11.7 Å². The molecule has 2 unspecified atom stereocenters. The van der Waals surface area contributed by atoms with Crippen molar-refractivity contribution in [3.8, 4) is 0 Å². The van der Waals surface area contributed by atoms with E-state index in [0.29, 0.717) is 12.5 Å². The fourth-order valence-electron chi connectivity index (χ4n) is 2.93. The second kappa shape index (κ2) is 6.06. The van der Waals surface area contributed by atoms with Crippen molar-refractivity contribution in [2.45, 2.75) is 38.1 Å². The van der Waals surface area contributed by atoms with Crippen LogP contribution < -0.4 is 16.4 Å². The Morgan fingerprint density at radius 1 is 1.42 bits per heavy atom. The van der Waals surface area contributed by atoms with E-state index in [-0.39, 0.29) is 11.6 Å². The van der Waals surface area contributed by atoms with Crippen LogP contribution in [0, 0.1) is 5.92 Å². The van der Waals surface area contributed by atoms with Gasteiger partial charge in [0, 0.05) is 12.2 Å². The molecule has 19 heavy (non-hydrogen) atoms. The Morgan fingerprint density at radius 2 is 2.16 bits per heavy atom. The normalized spacial score (nSPS) is 26.7. The van der Waals surface area contributed by atoms with Crippen molar-refractivity contribution in [2.75, 3.05) is 11.9 Å². The number of urea groups is 1. The van der Waals surface area contributed by atoms with Crippen molar-refractivity contribution >= 4 is 11.7 Å². The van der Waals surface area contributed by atoms with Crippen LogP contribution in [0.4, 0.5) is 10.5 Å². The first-order valence-electron chi connectivity index (χ1n) is 6.98. The molecule has 1 aliphatic carbocycles. The first-order valence-corrected chi connectivity index (χ1v) is 6.98. The largest absolute Gasteiger partial charge is 0.331 e. The highest BCUT2D eigenvalue weighted by molar-refractivity contribution is 5.89. The molecule has 2 atom stereocenters. The lowest BCUT2D eigenvalue weighted by Gasteiger charge is -2.39. The van der Waals surface area contributed by atoms with E-state index in [0.717, 1.165) is 24.9 Å². The van der Waals surface area contributed by atoms with E-state index in [9.17, 15) is 4.79 Å². The molecule has 104 valence electrons. The number of carbonyl (C=O) groups excluding carboxylic acids is 1. The lowest BCUT2D eigenvalue weighted by Crippen LogP contribution is -2.57. The highest BCUT2D eigenvalue weighted by Crippen LogP contribution is 2.31. The number of anilines is 1. The molecule has 2 amide bonds. The van der Waals surface area contributed by atoms with E-state index in [4.69, 9.17) is 5.73 Å². The summed E-state index contributed by atoms with van der Waals surface area (Å²) in [5.41, 5.74) is 6.46. The van der Waals surface area contributed by atoms with Crippen LogP contribution in [0.2, 0.25) is 0 Å². The number of rotatable bonds is 3. The molecule has 0 spiro atoms. The number of hydrogen-bond donors (Lipinski definition) is 3. The number of carbonyl (C=O) groups is 1. The number of nitrogens with one attached hydrogen (secondary N) is 2. The molecule has 1 aliphatic rings. The minimum Gasteiger partial charge on any atom is -0.331 e.